The molecular weight excluding hydrogens is 420 g/mol. The molecule has 3 rings (SSSR count). The van der Waals surface area contributed by atoms with Gasteiger partial charge in [0.2, 0.25) is 20.0 Å². The number of sulfonamides is 2. The van der Waals surface area contributed by atoms with Gasteiger partial charge in [-0.25, -0.2) is 16.8 Å². The Bertz CT molecular complexity index is 1010. The second-order valence-electron chi connectivity index (χ2n) is 6.66. The van der Waals surface area contributed by atoms with Gasteiger partial charge in [-0.1, -0.05) is 37.1 Å². The number of aryl methyl sites for hydroxylation is 1. The number of hydrogen-bond donors (Lipinski definition) is 0. The summed E-state index contributed by atoms with van der Waals surface area (Å²) in [5.74, 6) is 0. The first-order chi connectivity index (χ1) is 13.2. The van der Waals surface area contributed by atoms with Crippen LogP contribution in [0.1, 0.15) is 18.9 Å². The molecule has 1 aliphatic rings. The van der Waals surface area contributed by atoms with Crippen LogP contribution in [-0.2, 0) is 26.5 Å². The van der Waals surface area contributed by atoms with Crippen molar-refractivity contribution in [1.29, 1.82) is 0 Å². The summed E-state index contributed by atoms with van der Waals surface area (Å²) in [6, 6.07) is 12.9. The normalized spacial score (nSPS) is 16.9. The van der Waals surface area contributed by atoms with Crippen molar-refractivity contribution < 1.29 is 16.8 Å². The molecule has 1 saturated heterocycles. The molecule has 152 valence electrons. The van der Waals surface area contributed by atoms with Crippen LogP contribution in [0.15, 0.2) is 58.3 Å². The Kier molecular flexibility index (Phi) is 6.46. The number of rotatable bonds is 6. The van der Waals surface area contributed by atoms with Gasteiger partial charge in [0.05, 0.1) is 9.79 Å². The number of hydrogen-bond acceptors (Lipinski definition) is 4. The molecule has 0 aromatic heterocycles. The minimum Gasteiger partial charge on any atom is -0.207 e. The van der Waals surface area contributed by atoms with Gasteiger partial charge in [-0.2, -0.15) is 8.61 Å². The van der Waals surface area contributed by atoms with Crippen molar-refractivity contribution in [3.8, 4) is 0 Å². The van der Waals surface area contributed by atoms with Crippen molar-refractivity contribution in [3.05, 3.63) is 59.1 Å². The number of halogens is 1. The first-order valence-electron chi connectivity index (χ1n) is 9.10. The molecule has 0 bridgehead atoms. The van der Waals surface area contributed by atoms with Gasteiger partial charge in [0, 0.05) is 31.2 Å². The fourth-order valence-corrected chi connectivity index (χ4v) is 6.14. The Morgan fingerprint density at radius 2 is 1.14 bits per heavy atom. The van der Waals surface area contributed by atoms with E-state index in [2.05, 4.69) is 6.92 Å². The molecule has 0 unspecified atom stereocenters. The second kappa shape index (κ2) is 8.51. The third-order valence-electron chi connectivity index (χ3n) is 4.75. The molecule has 0 spiro atoms. The van der Waals surface area contributed by atoms with Gasteiger partial charge in [0.1, 0.15) is 0 Å². The van der Waals surface area contributed by atoms with Gasteiger partial charge in [-0.3, -0.25) is 0 Å². The molecule has 1 fully saturated rings. The van der Waals surface area contributed by atoms with E-state index in [-0.39, 0.29) is 36.0 Å². The first-order valence-corrected chi connectivity index (χ1v) is 12.4. The largest absolute Gasteiger partial charge is 0.243 e. The summed E-state index contributed by atoms with van der Waals surface area (Å²) < 4.78 is 53.9. The second-order valence-corrected chi connectivity index (χ2v) is 11.0. The van der Waals surface area contributed by atoms with Crippen molar-refractivity contribution in [3.63, 3.8) is 0 Å². The Morgan fingerprint density at radius 3 is 1.54 bits per heavy atom. The summed E-state index contributed by atoms with van der Waals surface area (Å²) in [6.45, 7) is 2.52. The molecule has 0 aliphatic carbocycles. The molecule has 6 nitrogen and oxygen atoms in total. The molecule has 9 heteroatoms. The highest BCUT2D eigenvalue weighted by atomic mass is 35.5. The smallest absolute Gasteiger partial charge is 0.207 e. The molecular formula is C19H23ClN2O4S2. The molecule has 0 amide bonds. The van der Waals surface area contributed by atoms with E-state index in [1.54, 1.807) is 12.1 Å². The van der Waals surface area contributed by atoms with Crippen LogP contribution in [0.2, 0.25) is 5.02 Å². The van der Waals surface area contributed by atoms with Gasteiger partial charge in [0.25, 0.3) is 0 Å². The van der Waals surface area contributed by atoms with Gasteiger partial charge < -0.3 is 0 Å². The Morgan fingerprint density at radius 1 is 0.750 bits per heavy atom. The van der Waals surface area contributed by atoms with Gasteiger partial charge in [-0.15, -0.1) is 0 Å². The van der Waals surface area contributed by atoms with E-state index >= 15 is 0 Å². The Labute approximate surface area is 171 Å². The van der Waals surface area contributed by atoms with Crippen molar-refractivity contribution in [2.45, 2.75) is 29.6 Å². The maximum atomic E-state index is 12.9. The average molecular weight is 443 g/mol. The summed E-state index contributed by atoms with van der Waals surface area (Å²) in [5, 5.41) is 0.458. The lowest BCUT2D eigenvalue weighted by Crippen LogP contribution is -2.50. The molecule has 0 N–H and O–H groups in total. The van der Waals surface area contributed by atoms with Crippen molar-refractivity contribution in [2.75, 3.05) is 26.2 Å². The number of piperazine rings is 1. The highest BCUT2D eigenvalue weighted by Crippen LogP contribution is 2.23. The van der Waals surface area contributed by atoms with Crippen LogP contribution < -0.4 is 0 Å². The Balaban J connectivity index is 1.71. The van der Waals surface area contributed by atoms with Crippen LogP contribution in [0.25, 0.3) is 0 Å². The zero-order chi connectivity index (χ0) is 20.4. The van der Waals surface area contributed by atoms with Crippen molar-refractivity contribution >= 4 is 31.6 Å². The minimum absolute atomic E-state index is 0.109. The fraction of sp³-hybridized carbons (Fsp3) is 0.368. The summed E-state index contributed by atoms with van der Waals surface area (Å²) >= 11 is 5.82. The third-order valence-corrected chi connectivity index (χ3v) is 8.83. The predicted molar refractivity (Wildman–Crippen MR) is 109 cm³/mol. The van der Waals surface area contributed by atoms with E-state index in [0.717, 1.165) is 18.4 Å². The van der Waals surface area contributed by atoms with E-state index in [4.69, 9.17) is 11.6 Å². The molecule has 2 aromatic carbocycles. The molecule has 28 heavy (non-hydrogen) atoms. The van der Waals surface area contributed by atoms with E-state index in [1.165, 1.54) is 32.9 Å². The topological polar surface area (TPSA) is 74.8 Å². The first kappa shape index (κ1) is 21.3. The summed E-state index contributed by atoms with van der Waals surface area (Å²) in [6.07, 6.45) is 1.90. The standard InChI is InChI=1S/C19H23ClN2O4S2/c1-2-3-16-4-8-18(9-5-16)27(23,24)21-12-14-22(15-13-21)28(25,26)19-10-6-17(20)7-11-19/h4-11H,2-3,12-15H2,1H3. The summed E-state index contributed by atoms with van der Waals surface area (Å²) in [5.41, 5.74) is 1.10. The lowest BCUT2D eigenvalue weighted by atomic mass is 10.1. The molecule has 0 radical (unpaired) electrons. The van der Waals surface area contributed by atoms with Crippen LogP contribution in [0.5, 0.6) is 0 Å². The zero-order valence-corrected chi connectivity index (χ0v) is 18.0. The van der Waals surface area contributed by atoms with Crippen molar-refractivity contribution in [2.24, 2.45) is 0 Å². The quantitative estimate of drug-likeness (QED) is 0.689. The highest BCUT2D eigenvalue weighted by molar-refractivity contribution is 7.89. The molecule has 1 aliphatic heterocycles. The zero-order valence-electron chi connectivity index (χ0n) is 15.6. The monoisotopic (exact) mass is 442 g/mol. The highest BCUT2D eigenvalue weighted by Gasteiger charge is 2.33. The van der Waals surface area contributed by atoms with E-state index in [0.29, 0.717) is 5.02 Å². The number of benzene rings is 2. The SMILES string of the molecule is CCCc1ccc(S(=O)(=O)N2CCN(S(=O)(=O)c3ccc(Cl)cc3)CC2)cc1. The van der Waals surface area contributed by atoms with Gasteiger partial charge in [0.15, 0.2) is 0 Å². The van der Waals surface area contributed by atoms with Crippen LogP contribution >= 0.6 is 11.6 Å². The van der Waals surface area contributed by atoms with Crippen LogP contribution in [0, 0.1) is 0 Å². The maximum Gasteiger partial charge on any atom is 0.243 e. The summed E-state index contributed by atoms with van der Waals surface area (Å²) in [4.78, 5) is 0.390. The third kappa shape index (κ3) is 4.41. The molecule has 0 atom stereocenters. The minimum atomic E-state index is -3.67. The predicted octanol–water partition coefficient (Wildman–Crippen LogP) is 2.99. The molecule has 0 saturated carbocycles. The van der Waals surface area contributed by atoms with E-state index in [1.807, 2.05) is 12.1 Å². The molecule has 1 heterocycles. The fourth-order valence-electron chi connectivity index (χ4n) is 3.17. The van der Waals surface area contributed by atoms with Crippen LogP contribution in [0.4, 0.5) is 0 Å². The van der Waals surface area contributed by atoms with E-state index in [9.17, 15) is 16.8 Å². The van der Waals surface area contributed by atoms with Crippen LogP contribution in [-0.4, -0.2) is 51.6 Å². The van der Waals surface area contributed by atoms with Gasteiger partial charge in [-0.05, 0) is 48.4 Å². The van der Waals surface area contributed by atoms with Crippen molar-refractivity contribution in [1.82, 2.24) is 8.61 Å². The molecule has 2 aromatic rings. The summed E-state index contributed by atoms with van der Waals surface area (Å²) in [7, 11) is -7.31. The lowest BCUT2D eigenvalue weighted by Gasteiger charge is -2.33. The van der Waals surface area contributed by atoms with Gasteiger partial charge >= 0.3 is 0 Å². The lowest BCUT2D eigenvalue weighted by molar-refractivity contribution is 0.273. The average Bonchev–Trinajstić information content (AvgIpc) is 2.69. The van der Waals surface area contributed by atoms with E-state index < -0.39 is 20.0 Å². The maximum absolute atomic E-state index is 12.9. The Hall–Kier alpha value is -1.45. The van der Waals surface area contributed by atoms with Crippen LogP contribution in [0.3, 0.4) is 0 Å². The number of nitrogens with zero attached hydrogens (tertiary/aromatic N) is 2.